The summed E-state index contributed by atoms with van der Waals surface area (Å²) in [6.07, 6.45) is -0.490. The Morgan fingerprint density at radius 3 is 1.71 bits per heavy atom. The minimum Gasteiger partial charge on any atom is -0.489 e. The lowest BCUT2D eigenvalue weighted by molar-refractivity contribution is 0.111. The number of aldehydes is 1. The van der Waals surface area contributed by atoms with E-state index in [-0.39, 0.29) is 0 Å². The molecule has 0 heterocycles. The Hall–Kier alpha value is -2.06. The van der Waals surface area contributed by atoms with Gasteiger partial charge in [0.2, 0.25) is 3.79 Å². The Labute approximate surface area is 253 Å². The smallest absolute Gasteiger partial charge is 0.220 e. The first-order valence-electron chi connectivity index (χ1n) is 11.3. The summed E-state index contributed by atoms with van der Waals surface area (Å²) in [6, 6.07) is 30.1. The lowest BCUT2D eigenvalue weighted by Gasteiger charge is -2.22. The van der Waals surface area contributed by atoms with Crippen molar-refractivity contribution in [1.29, 1.82) is 0 Å². The minimum absolute atomic E-state index is 0.363. The molecule has 4 aromatic carbocycles. The van der Waals surface area contributed by atoms with Crippen LogP contribution in [-0.2, 0) is 13.2 Å². The van der Waals surface area contributed by atoms with Gasteiger partial charge in [0.1, 0.15) is 30.8 Å². The van der Waals surface area contributed by atoms with E-state index in [2.05, 4.69) is 31.9 Å². The van der Waals surface area contributed by atoms with Crippen LogP contribution in [0.2, 0.25) is 0 Å². The second-order valence-corrected chi connectivity index (χ2v) is 12.2. The molecule has 4 aromatic rings. The number of halogens is 5. The number of hydrogen-bond acceptors (Lipinski definition) is 4. The van der Waals surface area contributed by atoms with Crippen molar-refractivity contribution in [3.8, 4) is 11.5 Å². The van der Waals surface area contributed by atoms with Crippen molar-refractivity contribution in [3.05, 3.63) is 128 Å². The van der Waals surface area contributed by atoms with Crippen LogP contribution >= 0.6 is 66.7 Å². The fraction of sp³-hybridized carbons (Fsp3) is 0.138. The summed E-state index contributed by atoms with van der Waals surface area (Å²) >= 11 is 24.0. The lowest BCUT2D eigenvalue weighted by atomic mass is 10.1. The quantitative estimate of drug-likeness (QED) is 0.147. The monoisotopic (exact) mass is 698 g/mol. The van der Waals surface area contributed by atoms with E-state index >= 15 is 0 Å². The highest BCUT2D eigenvalue weighted by atomic mass is 79.9. The molecule has 0 spiro atoms. The summed E-state index contributed by atoms with van der Waals surface area (Å²) in [7, 11) is 0. The van der Waals surface area contributed by atoms with E-state index in [9.17, 15) is 9.90 Å². The highest BCUT2D eigenvalue weighted by Crippen LogP contribution is 2.43. The van der Waals surface area contributed by atoms with E-state index < -0.39 is 9.90 Å². The molecule has 0 fully saturated rings. The van der Waals surface area contributed by atoms with Crippen LogP contribution in [0.3, 0.4) is 0 Å². The third kappa shape index (κ3) is 9.60. The topological polar surface area (TPSA) is 55.8 Å². The first kappa shape index (κ1) is 30.5. The van der Waals surface area contributed by atoms with Crippen molar-refractivity contribution >= 4 is 72.9 Å². The number of carbonyl (C=O) groups is 1. The van der Waals surface area contributed by atoms with Crippen molar-refractivity contribution in [1.82, 2.24) is 0 Å². The maximum atomic E-state index is 10.9. The van der Waals surface area contributed by atoms with Crippen molar-refractivity contribution < 1.29 is 19.4 Å². The molecule has 0 bridgehead atoms. The molecular weight excluding hydrogens is 678 g/mol. The Kier molecular flexibility index (Phi) is 12.0. The number of benzene rings is 4. The first-order chi connectivity index (χ1) is 18.2. The van der Waals surface area contributed by atoms with Gasteiger partial charge in [0.15, 0.2) is 6.29 Å². The van der Waals surface area contributed by atoms with Crippen LogP contribution in [0.15, 0.2) is 106 Å². The van der Waals surface area contributed by atoms with Gasteiger partial charge >= 0.3 is 0 Å². The van der Waals surface area contributed by atoms with Gasteiger partial charge in [-0.1, -0.05) is 127 Å². The maximum Gasteiger partial charge on any atom is 0.220 e. The van der Waals surface area contributed by atoms with Crippen LogP contribution in [0.1, 0.15) is 33.2 Å². The van der Waals surface area contributed by atoms with Gasteiger partial charge < -0.3 is 14.6 Å². The maximum absolute atomic E-state index is 10.9. The van der Waals surface area contributed by atoms with Gasteiger partial charge in [-0.3, -0.25) is 4.79 Å². The number of aliphatic hydroxyl groups excluding tert-OH is 1. The molecule has 0 aliphatic rings. The number of aliphatic hydroxyl groups is 1. The molecule has 0 aliphatic heterocycles. The van der Waals surface area contributed by atoms with Gasteiger partial charge in [0.05, 0.1) is 5.56 Å². The molecule has 0 amide bonds. The Morgan fingerprint density at radius 2 is 1.21 bits per heavy atom. The average molecular weight is 702 g/mol. The summed E-state index contributed by atoms with van der Waals surface area (Å²) in [4.78, 5) is 10.9. The predicted molar refractivity (Wildman–Crippen MR) is 160 cm³/mol. The molecule has 38 heavy (non-hydrogen) atoms. The van der Waals surface area contributed by atoms with Crippen LogP contribution in [-0.4, -0.2) is 15.2 Å². The molecule has 198 valence electrons. The van der Waals surface area contributed by atoms with E-state index in [0.29, 0.717) is 35.8 Å². The Bertz CT molecular complexity index is 1320. The second-order valence-electron chi connectivity index (χ2n) is 7.97. The highest BCUT2D eigenvalue weighted by molar-refractivity contribution is 9.10. The summed E-state index contributed by atoms with van der Waals surface area (Å²) in [5, 5.41) is 10.2. The zero-order valence-electron chi connectivity index (χ0n) is 19.9. The van der Waals surface area contributed by atoms with Crippen molar-refractivity contribution in [2.45, 2.75) is 23.1 Å². The van der Waals surface area contributed by atoms with Gasteiger partial charge in [-0.15, -0.1) is 0 Å². The molecule has 0 aromatic heterocycles. The largest absolute Gasteiger partial charge is 0.489 e. The third-order valence-corrected chi connectivity index (χ3v) is 6.76. The zero-order chi connectivity index (χ0) is 27.5. The molecule has 1 N–H and O–H groups in total. The molecule has 0 aliphatic carbocycles. The fourth-order valence-electron chi connectivity index (χ4n) is 3.25. The molecule has 1 unspecified atom stereocenters. The van der Waals surface area contributed by atoms with Gasteiger partial charge in [0.25, 0.3) is 0 Å². The van der Waals surface area contributed by atoms with Gasteiger partial charge in [0, 0.05) is 14.5 Å². The SMILES string of the molecule is O=Cc1cc(Br)ccc1OCc1ccccc1.OC(c1cc(Br)ccc1OCc1ccccc1)C(Cl)(Cl)Cl. The van der Waals surface area contributed by atoms with Crippen LogP contribution < -0.4 is 9.47 Å². The molecule has 1 atom stereocenters. The Morgan fingerprint density at radius 1 is 0.737 bits per heavy atom. The van der Waals surface area contributed by atoms with E-state index in [1.54, 1.807) is 30.3 Å². The van der Waals surface area contributed by atoms with E-state index in [1.807, 2.05) is 66.7 Å². The van der Waals surface area contributed by atoms with Crippen molar-refractivity contribution in [3.63, 3.8) is 0 Å². The summed E-state index contributed by atoms with van der Waals surface area (Å²) in [5.74, 6) is 1.08. The van der Waals surface area contributed by atoms with Crippen molar-refractivity contribution in [2.24, 2.45) is 0 Å². The van der Waals surface area contributed by atoms with E-state index in [0.717, 1.165) is 26.4 Å². The normalized spacial score (nSPS) is 11.6. The van der Waals surface area contributed by atoms with E-state index in [1.165, 1.54) is 0 Å². The van der Waals surface area contributed by atoms with Gasteiger partial charge in [-0.05, 0) is 47.5 Å². The van der Waals surface area contributed by atoms with Crippen molar-refractivity contribution in [2.75, 3.05) is 0 Å². The molecular formula is C29H23Br2Cl3O4. The molecule has 0 saturated heterocycles. The first-order valence-corrected chi connectivity index (χ1v) is 14.0. The minimum atomic E-state index is -1.83. The summed E-state index contributed by atoms with van der Waals surface area (Å²) in [5.41, 5.74) is 3.05. The third-order valence-electron chi connectivity index (χ3n) is 5.15. The molecule has 4 nitrogen and oxygen atoms in total. The fourth-order valence-corrected chi connectivity index (χ4v) is 4.36. The number of hydrogen-bond donors (Lipinski definition) is 1. The zero-order valence-corrected chi connectivity index (χ0v) is 25.3. The Balaban J connectivity index is 0.000000215. The standard InChI is InChI=1S/C15H12BrCl3O2.C14H11BrO2/c16-11-6-7-13(12(8-11)14(20)15(17,18)19)21-9-10-4-2-1-3-5-10;15-13-6-7-14(12(8-13)9-16)17-10-11-4-2-1-3-5-11/h1-8,14,20H,9H2;1-9H,10H2. The molecule has 9 heteroatoms. The van der Waals surface area contributed by atoms with Gasteiger partial charge in [-0.2, -0.15) is 0 Å². The van der Waals surface area contributed by atoms with Crippen LogP contribution in [0.4, 0.5) is 0 Å². The predicted octanol–water partition coefficient (Wildman–Crippen LogP) is 9.27. The highest BCUT2D eigenvalue weighted by Gasteiger charge is 2.34. The summed E-state index contributed by atoms with van der Waals surface area (Å²) in [6.45, 7) is 0.825. The lowest BCUT2D eigenvalue weighted by Crippen LogP contribution is -2.17. The second kappa shape index (κ2) is 14.9. The molecule has 0 radical (unpaired) electrons. The average Bonchev–Trinajstić information content (AvgIpc) is 2.92. The number of alkyl halides is 3. The van der Waals surface area contributed by atoms with Gasteiger partial charge in [-0.25, -0.2) is 0 Å². The number of carbonyl (C=O) groups excluding carboxylic acids is 1. The number of ether oxygens (including phenoxy) is 2. The molecule has 0 saturated carbocycles. The molecule has 4 rings (SSSR count). The van der Waals surface area contributed by atoms with Crippen LogP contribution in [0, 0.1) is 0 Å². The number of rotatable bonds is 8. The van der Waals surface area contributed by atoms with Crippen LogP contribution in [0.5, 0.6) is 11.5 Å². The summed E-state index contributed by atoms with van der Waals surface area (Å²) < 4.78 is 11.2. The van der Waals surface area contributed by atoms with Crippen LogP contribution in [0.25, 0.3) is 0 Å². The van der Waals surface area contributed by atoms with E-state index in [4.69, 9.17) is 44.3 Å².